The van der Waals surface area contributed by atoms with E-state index < -0.39 is 34.8 Å². The fourth-order valence-corrected chi connectivity index (χ4v) is 3.40. The molecule has 1 aromatic heterocycles. The third-order valence-electron chi connectivity index (χ3n) is 4.85. The van der Waals surface area contributed by atoms with Gasteiger partial charge in [0, 0.05) is 23.9 Å². The van der Waals surface area contributed by atoms with Crippen LogP contribution in [-0.2, 0) is 25.4 Å². The van der Waals surface area contributed by atoms with Gasteiger partial charge >= 0.3 is 18.2 Å². The predicted molar refractivity (Wildman–Crippen MR) is 126 cm³/mol. The molecule has 0 N–H and O–H groups in total. The third kappa shape index (κ3) is 6.34. The summed E-state index contributed by atoms with van der Waals surface area (Å²) < 4.78 is 21.5. The van der Waals surface area contributed by atoms with Gasteiger partial charge in [0.1, 0.15) is 11.4 Å². The van der Waals surface area contributed by atoms with Crippen molar-refractivity contribution >= 4 is 34.8 Å². The number of fused-ring (bicyclic) bond motifs is 1. The lowest BCUT2D eigenvalue weighted by molar-refractivity contribution is -0.384. The summed E-state index contributed by atoms with van der Waals surface area (Å²) in [6.45, 7) is 7.02. The number of nitro benzene ring substituents is 1. The van der Waals surface area contributed by atoms with Gasteiger partial charge in [0.2, 0.25) is 6.10 Å². The molecule has 0 bridgehead atoms. The number of esters is 1. The number of hydrogen-bond acceptors (Lipinski definition) is 10. The van der Waals surface area contributed by atoms with Crippen molar-refractivity contribution in [3.05, 3.63) is 63.8 Å². The number of carbonyl (C=O) groups excluding carboxylic acids is 3. The van der Waals surface area contributed by atoms with Crippen molar-refractivity contribution in [3.8, 4) is 5.75 Å². The minimum atomic E-state index is -1.33. The minimum Gasteiger partial charge on any atom is -0.466 e. The highest BCUT2D eigenvalue weighted by Gasteiger charge is 2.27. The van der Waals surface area contributed by atoms with Crippen molar-refractivity contribution in [2.24, 2.45) is 0 Å². The van der Waals surface area contributed by atoms with Crippen LogP contribution >= 0.6 is 0 Å². The zero-order valence-corrected chi connectivity index (χ0v) is 20.3. The quantitative estimate of drug-likeness (QED) is 0.158. The molecule has 1 unspecified atom stereocenters. The zero-order chi connectivity index (χ0) is 26.6. The Labute approximate surface area is 205 Å². The molecular weight excluding hydrogens is 474 g/mol. The van der Waals surface area contributed by atoms with Gasteiger partial charge < -0.3 is 18.9 Å². The molecule has 36 heavy (non-hydrogen) atoms. The Morgan fingerprint density at radius 2 is 1.81 bits per heavy atom. The molecule has 0 amide bonds. The molecule has 0 spiro atoms. The van der Waals surface area contributed by atoms with Gasteiger partial charge in [-0.25, -0.2) is 14.4 Å². The van der Waals surface area contributed by atoms with Crippen LogP contribution in [0.3, 0.4) is 0 Å². The van der Waals surface area contributed by atoms with Crippen LogP contribution in [0, 0.1) is 17.0 Å². The van der Waals surface area contributed by atoms with Crippen LogP contribution in [0.2, 0.25) is 0 Å². The van der Waals surface area contributed by atoms with Gasteiger partial charge in [-0.1, -0.05) is 6.07 Å². The number of methoxy groups -OCH3 is 1. The molecule has 2 aromatic carbocycles. The molecular formula is C24H25N3O9. The first-order valence-electron chi connectivity index (χ1n) is 10.8. The number of carbonyl (C=O) groups is 3. The highest BCUT2D eigenvalue weighted by molar-refractivity contribution is 5.90. The number of aromatic nitrogens is 2. The Balaban J connectivity index is 1.78. The molecule has 0 fully saturated rings. The Morgan fingerprint density at radius 3 is 2.39 bits per heavy atom. The van der Waals surface area contributed by atoms with Crippen LogP contribution in [0.25, 0.3) is 10.9 Å². The summed E-state index contributed by atoms with van der Waals surface area (Å²) in [5.41, 5.74) is 0.965. The normalized spacial score (nSPS) is 12.0. The van der Waals surface area contributed by atoms with E-state index >= 15 is 0 Å². The molecule has 0 aliphatic heterocycles. The first-order chi connectivity index (χ1) is 16.9. The molecule has 1 atom stereocenters. The first-order valence-corrected chi connectivity index (χ1v) is 10.8. The van der Waals surface area contributed by atoms with E-state index in [-0.39, 0.29) is 17.9 Å². The number of benzene rings is 2. The number of nitro groups is 1. The van der Waals surface area contributed by atoms with Crippen molar-refractivity contribution in [3.63, 3.8) is 0 Å². The van der Waals surface area contributed by atoms with Gasteiger partial charge in [-0.05, 0) is 57.0 Å². The van der Waals surface area contributed by atoms with Crippen molar-refractivity contribution < 1.29 is 38.3 Å². The average molecular weight is 499 g/mol. The summed E-state index contributed by atoms with van der Waals surface area (Å²) in [6, 6.07) is 8.22. The van der Waals surface area contributed by atoms with Gasteiger partial charge in [0.05, 0.1) is 23.7 Å². The van der Waals surface area contributed by atoms with Gasteiger partial charge in [-0.2, -0.15) is 9.78 Å². The summed E-state index contributed by atoms with van der Waals surface area (Å²) in [5, 5.41) is 15.5. The van der Waals surface area contributed by atoms with Crippen molar-refractivity contribution in [2.75, 3.05) is 7.11 Å². The smallest absolute Gasteiger partial charge is 0.466 e. The second-order valence-electron chi connectivity index (χ2n) is 8.82. The van der Waals surface area contributed by atoms with Gasteiger partial charge in [-0.15, -0.1) is 0 Å². The molecule has 12 heteroatoms. The largest absolute Gasteiger partial charge is 0.514 e. The van der Waals surface area contributed by atoms with E-state index in [4.69, 9.17) is 18.9 Å². The van der Waals surface area contributed by atoms with Crippen molar-refractivity contribution in [1.82, 2.24) is 9.78 Å². The Hall–Kier alpha value is -4.48. The van der Waals surface area contributed by atoms with Crippen LogP contribution in [0.4, 0.5) is 15.3 Å². The lowest BCUT2D eigenvalue weighted by Gasteiger charge is -2.19. The molecule has 0 radical (unpaired) electrons. The van der Waals surface area contributed by atoms with E-state index in [9.17, 15) is 24.5 Å². The third-order valence-corrected chi connectivity index (χ3v) is 4.85. The summed E-state index contributed by atoms with van der Waals surface area (Å²) in [6.07, 6.45) is -1.70. The molecule has 0 aliphatic rings. The minimum absolute atomic E-state index is 0.000960. The monoisotopic (exact) mass is 499 g/mol. The molecule has 0 saturated carbocycles. The standard InChI is InChI=1S/C24H25N3O9/c1-14-10-15(11-16-13-25-26(20(14)16)22(29)36-24(2,3)4)12-19(21(28)33-5)35-23(30)34-18-8-6-17(7-9-18)27(31)32/h6-11,13,19H,12H2,1-5H3. The van der Waals surface area contributed by atoms with Gasteiger partial charge in [-0.3, -0.25) is 10.1 Å². The maximum absolute atomic E-state index is 12.5. The lowest BCUT2D eigenvalue weighted by Crippen LogP contribution is -2.31. The maximum atomic E-state index is 12.5. The van der Waals surface area contributed by atoms with Crippen molar-refractivity contribution in [1.29, 1.82) is 0 Å². The van der Waals surface area contributed by atoms with Crippen LogP contribution in [-0.4, -0.2) is 51.7 Å². The average Bonchev–Trinajstić information content (AvgIpc) is 3.22. The fraction of sp³-hybridized carbons (Fsp3) is 0.333. The summed E-state index contributed by atoms with van der Waals surface area (Å²) in [5.74, 6) is -0.807. The summed E-state index contributed by atoms with van der Waals surface area (Å²) in [7, 11) is 1.15. The predicted octanol–water partition coefficient (Wildman–Crippen LogP) is 4.34. The van der Waals surface area contributed by atoms with Gasteiger partial charge in [0.15, 0.2) is 0 Å². The van der Waals surface area contributed by atoms with E-state index in [2.05, 4.69) is 5.10 Å². The number of non-ortho nitro benzene ring substituents is 1. The number of nitrogens with zero attached hydrogens (tertiary/aromatic N) is 3. The van der Waals surface area contributed by atoms with Gasteiger partial charge in [0.25, 0.3) is 5.69 Å². The van der Waals surface area contributed by atoms with E-state index in [0.717, 1.165) is 23.9 Å². The molecule has 3 aromatic rings. The van der Waals surface area contributed by atoms with Crippen LogP contribution in [0.5, 0.6) is 5.75 Å². The second kappa shape index (κ2) is 10.4. The van der Waals surface area contributed by atoms with E-state index in [0.29, 0.717) is 22.0 Å². The maximum Gasteiger partial charge on any atom is 0.514 e. The molecule has 190 valence electrons. The van der Waals surface area contributed by atoms with Crippen LogP contribution in [0.15, 0.2) is 42.6 Å². The summed E-state index contributed by atoms with van der Waals surface area (Å²) >= 11 is 0. The Morgan fingerprint density at radius 1 is 1.14 bits per heavy atom. The SMILES string of the molecule is COC(=O)C(Cc1cc(C)c2c(cnn2C(=O)OC(C)(C)C)c1)OC(=O)Oc1ccc([N+](=O)[O-])cc1. The lowest BCUT2D eigenvalue weighted by atomic mass is 10.0. The number of hydrogen-bond donors (Lipinski definition) is 0. The highest BCUT2D eigenvalue weighted by atomic mass is 16.7. The second-order valence-corrected chi connectivity index (χ2v) is 8.82. The number of aryl methyl sites for hydroxylation is 1. The highest BCUT2D eigenvalue weighted by Crippen LogP contribution is 2.24. The fourth-order valence-electron chi connectivity index (χ4n) is 3.40. The van der Waals surface area contributed by atoms with Crippen LogP contribution < -0.4 is 4.74 Å². The van der Waals surface area contributed by atoms with E-state index in [1.807, 2.05) is 0 Å². The number of rotatable bonds is 6. The van der Waals surface area contributed by atoms with E-state index in [1.165, 1.54) is 18.3 Å². The van der Waals surface area contributed by atoms with Crippen molar-refractivity contribution in [2.45, 2.75) is 45.8 Å². The summed E-state index contributed by atoms with van der Waals surface area (Å²) in [4.78, 5) is 47.2. The Bertz CT molecular complexity index is 1310. The van der Waals surface area contributed by atoms with Crippen LogP contribution in [0.1, 0.15) is 31.9 Å². The molecule has 1 heterocycles. The Kier molecular flexibility index (Phi) is 7.56. The molecule has 3 rings (SSSR count). The number of ether oxygens (including phenoxy) is 4. The molecule has 0 saturated heterocycles. The van der Waals surface area contributed by atoms with E-state index in [1.54, 1.807) is 39.8 Å². The topological polar surface area (TPSA) is 149 Å². The first kappa shape index (κ1) is 26.1. The zero-order valence-electron chi connectivity index (χ0n) is 20.3. The molecule has 0 aliphatic carbocycles. The molecule has 12 nitrogen and oxygen atoms in total.